The maximum absolute atomic E-state index is 6.07. The number of hydrogen-bond donors (Lipinski definition) is 1. The molecule has 0 saturated carbocycles. The van der Waals surface area contributed by atoms with Crippen LogP contribution in [0.2, 0.25) is 0 Å². The number of nitrogen functional groups attached to an aromatic ring is 1. The number of ether oxygens (including phenoxy) is 1. The molecule has 0 spiro atoms. The van der Waals surface area contributed by atoms with E-state index in [1.54, 1.807) is 13.3 Å². The zero-order valence-electron chi connectivity index (χ0n) is 11.7. The Balaban J connectivity index is 2.29. The predicted octanol–water partition coefficient (Wildman–Crippen LogP) is 2.63. The second-order valence-electron chi connectivity index (χ2n) is 4.76. The second kappa shape index (κ2) is 4.52. The lowest BCUT2D eigenvalue weighted by Gasteiger charge is -2.10. The summed E-state index contributed by atoms with van der Waals surface area (Å²) in [4.78, 5) is 8.83. The van der Waals surface area contributed by atoms with Crippen LogP contribution in [0.5, 0.6) is 5.75 Å². The Morgan fingerprint density at radius 2 is 1.95 bits per heavy atom. The average Bonchev–Trinajstić information content (AvgIpc) is 2.77. The van der Waals surface area contributed by atoms with Gasteiger partial charge in [0.25, 0.3) is 0 Å². The van der Waals surface area contributed by atoms with Gasteiger partial charge in [0.05, 0.1) is 12.8 Å². The largest absolute Gasteiger partial charge is 0.497 e. The van der Waals surface area contributed by atoms with Gasteiger partial charge in [-0.1, -0.05) is 0 Å². The van der Waals surface area contributed by atoms with Crippen LogP contribution < -0.4 is 10.5 Å². The summed E-state index contributed by atoms with van der Waals surface area (Å²) < 4.78 is 7.10. The summed E-state index contributed by atoms with van der Waals surface area (Å²) in [6, 6.07) is 7.77. The number of imidazole rings is 1. The van der Waals surface area contributed by atoms with Crippen molar-refractivity contribution in [3.05, 3.63) is 41.6 Å². The maximum atomic E-state index is 6.07. The number of methoxy groups -OCH3 is 1. The van der Waals surface area contributed by atoms with E-state index in [9.17, 15) is 0 Å². The molecule has 0 aliphatic heterocycles. The molecule has 1 aromatic carbocycles. The number of pyridine rings is 1. The Bertz CT molecular complexity index is 792. The van der Waals surface area contributed by atoms with Crippen LogP contribution in [-0.2, 0) is 0 Å². The van der Waals surface area contributed by atoms with Crippen LogP contribution in [0.25, 0.3) is 16.9 Å². The third-order valence-corrected chi connectivity index (χ3v) is 3.42. The molecule has 3 aromatic rings. The average molecular weight is 268 g/mol. The summed E-state index contributed by atoms with van der Waals surface area (Å²) in [5.41, 5.74) is 10.8. The Kier molecular flexibility index (Phi) is 2.82. The molecule has 102 valence electrons. The summed E-state index contributed by atoms with van der Waals surface area (Å²) in [7, 11) is 1.65. The highest BCUT2D eigenvalue weighted by molar-refractivity contribution is 5.80. The van der Waals surface area contributed by atoms with Gasteiger partial charge in [0.2, 0.25) is 5.95 Å². The molecule has 3 rings (SSSR count). The summed E-state index contributed by atoms with van der Waals surface area (Å²) >= 11 is 0. The number of fused-ring (bicyclic) bond motifs is 1. The van der Waals surface area contributed by atoms with Crippen molar-refractivity contribution in [3.63, 3.8) is 0 Å². The maximum Gasteiger partial charge on any atom is 0.207 e. The SMILES string of the molecule is COc1ccc(-n2c(N)nc3c(C)ccnc32)c(C)c1. The van der Waals surface area contributed by atoms with Crippen molar-refractivity contribution in [2.45, 2.75) is 13.8 Å². The van der Waals surface area contributed by atoms with E-state index in [0.29, 0.717) is 5.95 Å². The number of rotatable bonds is 2. The fourth-order valence-electron chi connectivity index (χ4n) is 2.35. The zero-order valence-corrected chi connectivity index (χ0v) is 11.7. The Hall–Kier alpha value is -2.56. The zero-order chi connectivity index (χ0) is 14.3. The predicted molar refractivity (Wildman–Crippen MR) is 79.3 cm³/mol. The molecule has 0 bridgehead atoms. The number of hydrogen-bond acceptors (Lipinski definition) is 4. The van der Waals surface area contributed by atoms with E-state index in [-0.39, 0.29) is 0 Å². The van der Waals surface area contributed by atoms with E-state index in [4.69, 9.17) is 10.5 Å². The van der Waals surface area contributed by atoms with Crippen molar-refractivity contribution in [2.75, 3.05) is 12.8 Å². The summed E-state index contributed by atoms with van der Waals surface area (Å²) in [6.07, 6.45) is 1.77. The third-order valence-electron chi connectivity index (χ3n) is 3.42. The minimum absolute atomic E-state index is 0.440. The summed E-state index contributed by atoms with van der Waals surface area (Å²) in [5, 5.41) is 0. The van der Waals surface area contributed by atoms with Crippen molar-refractivity contribution < 1.29 is 4.74 Å². The first-order valence-corrected chi connectivity index (χ1v) is 6.36. The number of benzene rings is 1. The molecule has 0 unspecified atom stereocenters. The molecule has 0 aliphatic carbocycles. The number of aromatic nitrogens is 3. The van der Waals surface area contributed by atoms with E-state index in [0.717, 1.165) is 33.7 Å². The van der Waals surface area contributed by atoms with Gasteiger partial charge in [-0.2, -0.15) is 0 Å². The van der Waals surface area contributed by atoms with Crippen LogP contribution >= 0.6 is 0 Å². The molecule has 0 fully saturated rings. The smallest absolute Gasteiger partial charge is 0.207 e. The first-order valence-electron chi connectivity index (χ1n) is 6.36. The van der Waals surface area contributed by atoms with Crippen molar-refractivity contribution >= 4 is 17.1 Å². The highest BCUT2D eigenvalue weighted by Crippen LogP contribution is 2.27. The first-order chi connectivity index (χ1) is 9.61. The molecule has 5 nitrogen and oxygen atoms in total. The Labute approximate surface area is 117 Å². The summed E-state index contributed by atoms with van der Waals surface area (Å²) in [5.74, 6) is 1.26. The molecule has 0 atom stereocenters. The minimum Gasteiger partial charge on any atom is -0.497 e. The van der Waals surface area contributed by atoms with E-state index in [1.165, 1.54) is 0 Å². The first kappa shape index (κ1) is 12.5. The Morgan fingerprint density at radius 3 is 2.65 bits per heavy atom. The van der Waals surface area contributed by atoms with Crippen molar-refractivity contribution in [1.82, 2.24) is 14.5 Å². The number of anilines is 1. The van der Waals surface area contributed by atoms with Gasteiger partial charge in [0.1, 0.15) is 11.3 Å². The minimum atomic E-state index is 0.440. The van der Waals surface area contributed by atoms with Gasteiger partial charge in [-0.15, -0.1) is 0 Å². The van der Waals surface area contributed by atoms with Gasteiger partial charge >= 0.3 is 0 Å². The lowest BCUT2D eigenvalue weighted by molar-refractivity contribution is 0.414. The molecule has 0 saturated heterocycles. The highest BCUT2D eigenvalue weighted by atomic mass is 16.5. The number of nitrogens with zero attached hydrogens (tertiary/aromatic N) is 3. The Morgan fingerprint density at radius 1 is 1.15 bits per heavy atom. The topological polar surface area (TPSA) is 66.0 Å². The normalized spacial score (nSPS) is 10.9. The van der Waals surface area contributed by atoms with Gasteiger partial charge in [-0.05, 0) is 49.2 Å². The lowest BCUT2D eigenvalue weighted by atomic mass is 10.2. The van der Waals surface area contributed by atoms with E-state index < -0.39 is 0 Å². The highest BCUT2D eigenvalue weighted by Gasteiger charge is 2.14. The molecule has 2 aromatic heterocycles. The molecule has 5 heteroatoms. The lowest BCUT2D eigenvalue weighted by Crippen LogP contribution is -2.03. The van der Waals surface area contributed by atoms with E-state index in [1.807, 2.05) is 42.7 Å². The molecule has 20 heavy (non-hydrogen) atoms. The standard InChI is InChI=1S/C15H16N4O/c1-9-6-7-17-14-13(9)18-15(16)19(14)12-5-4-11(20-3)8-10(12)2/h4-8H,1-3H3,(H2,16,18). The van der Waals surface area contributed by atoms with Gasteiger partial charge in [-0.25, -0.2) is 9.97 Å². The molecule has 0 amide bonds. The van der Waals surface area contributed by atoms with Gasteiger partial charge in [0.15, 0.2) is 5.65 Å². The van der Waals surface area contributed by atoms with Crippen molar-refractivity contribution in [1.29, 1.82) is 0 Å². The molecule has 0 aliphatic rings. The van der Waals surface area contributed by atoms with Crippen LogP contribution in [0, 0.1) is 13.8 Å². The molecule has 2 N–H and O–H groups in total. The summed E-state index contributed by atoms with van der Waals surface area (Å²) in [6.45, 7) is 4.01. The molecule has 0 radical (unpaired) electrons. The van der Waals surface area contributed by atoms with Crippen LogP contribution in [-0.4, -0.2) is 21.6 Å². The van der Waals surface area contributed by atoms with E-state index >= 15 is 0 Å². The quantitative estimate of drug-likeness (QED) is 0.776. The van der Waals surface area contributed by atoms with Crippen molar-refractivity contribution in [3.8, 4) is 11.4 Å². The van der Waals surface area contributed by atoms with Crippen molar-refractivity contribution in [2.24, 2.45) is 0 Å². The van der Waals surface area contributed by atoms with Crippen LogP contribution in [0.15, 0.2) is 30.5 Å². The fourth-order valence-corrected chi connectivity index (χ4v) is 2.35. The van der Waals surface area contributed by atoms with Gasteiger partial charge in [-0.3, -0.25) is 4.57 Å². The molecular weight excluding hydrogens is 252 g/mol. The van der Waals surface area contributed by atoms with Gasteiger partial charge in [0, 0.05) is 6.20 Å². The van der Waals surface area contributed by atoms with E-state index in [2.05, 4.69) is 9.97 Å². The molecular formula is C15H16N4O. The van der Waals surface area contributed by atoms with Crippen LogP contribution in [0.3, 0.4) is 0 Å². The van der Waals surface area contributed by atoms with Gasteiger partial charge < -0.3 is 10.5 Å². The van der Waals surface area contributed by atoms with Crippen LogP contribution in [0.1, 0.15) is 11.1 Å². The fraction of sp³-hybridized carbons (Fsp3) is 0.200. The number of nitrogens with two attached hydrogens (primary N) is 1. The number of aryl methyl sites for hydroxylation is 2. The second-order valence-corrected chi connectivity index (χ2v) is 4.76. The third kappa shape index (κ3) is 1.79. The van der Waals surface area contributed by atoms with Crippen LogP contribution in [0.4, 0.5) is 5.95 Å². The molecule has 2 heterocycles. The monoisotopic (exact) mass is 268 g/mol.